The Morgan fingerprint density at radius 2 is 1.71 bits per heavy atom. The van der Waals surface area contributed by atoms with Gasteiger partial charge in [-0.1, -0.05) is 48.0 Å². The minimum atomic E-state index is -3.48. The number of aryl methyl sites for hydroxylation is 1. The second-order valence-corrected chi connectivity index (χ2v) is 8.61. The second kappa shape index (κ2) is 6.31. The van der Waals surface area contributed by atoms with Crippen LogP contribution in [0.15, 0.2) is 59.5 Å². The monoisotopic (exact) mass is 345 g/mol. The van der Waals surface area contributed by atoms with Gasteiger partial charge >= 0.3 is 0 Å². The summed E-state index contributed by atoms with van der Waals surface area (Å²) >= 11 is 0. The molecule has 0 amide bonds. The molecule has 2 aromatic carbocycles. The molecule has 2 aromatic rings. The van der Waals surface area contributed by atoms with Crippen LogP contribution >= 0.6 is 0 Å². The van der Waals surface area contributed by atoms with E-state index in [1.807, 2.05) is 49.4 Å². The Morgan fingerprint density at radius 3 is 2.25 bits per heavy atom. The van der Waals surface area contributed by atoms with Gasteiger partial charge in [0, 0.05) is 25.0 Å². The molecule has 3 rings (SSSR count). The van der Waals surface area contributed by atoms with Crippen LogP contribution in [0.1, 0.15) is 17.0 Å². The molecule has 1 aliphatic rings. The number of ether oxygens (including phenoxy) is 1. The molecule has 0 unspecified atom stereocenters. The third-order valence-corrected chi connectivity index (χ3v) is 7.35. The van der Waals surface area contributed by atoms with Crippen molar-refractivity contribution in [2.45, 2.75) is 23.0 Å². The lowest BCUT2D eigenvalue weighted by molar-refractivity contribution is 0.142. The van der Waals surface area contributed by atoms with E-state index in [4.69, 9.17) is 10.5 Å². The highest BCUT2D eigenvalue weighted by molar-refractivity contribution is 7.92. The molecule has 5 heteroatoms. The lowest BCUT2D eigenvalue weighted by atomic mass is 10.0. The van der Waals surface area contributed by atoms with Gasteiger partial charge in [-0.15, -0.1) is 0 Å². The predicted molar refractivity (Wildman–Crippen MR) is 94.7 cm³/mol. The van der Waals surface area contributed by atoms with Gasteiger partial charge in [0.2, 0.25) is 0 Å². The van der Waals surface area contributed by atoms with Crippen molar-refractivity contribution in [1.82, 2.24) is 0 Å². The number of hydrogen-bond donors (Lipinski definition) is 1. The number of rotatable bonds is 6. The molecule has 3 atom stereocenters. The molecule has 0 aromatic heterocycles. The van der Waals surface area contributed by atoms with E-state index >= 15 is 0 Å². The van der Waals surface area contributed by atoms with Gasteiger partial charge in [-0.3, -0.25) is 0 Å². The summed E-state index contributed by atoms with van der Waals surface area (Å²) in [4.78, 5) is 0.352. The first-order valence-corrected chi connectivity index (χ1v) is 9.56. The van der Waals surface area contributed by atoms with Crippen LogP contribution < -0.4 is 5.73 Å². The fourth-order valence-corrected chi connectivity index (χ4v) is 6.17. The summed E-state index contributed by atoms with van der Waals surface area (Å²) in [6.07, 6.45) is 0. The third-order valence-electron chi connectivity index (χ3n) is 5.02. The largest absolute Gasteiger partial charge is 0.384 e. The highest BCUT2D eigenvalue weighted by Gasteiger charge is 2.70. The summed E-state index contributed by atoms with van der Waals surface area (Å²) in [6, 6.07) is 16.7. The Morgan fingerprint density at radius 1 is 1.08 bits per heavy atom. The van der Waals surface area contributed by atoms with Crippen LogP contribution in [-0.4, -0.2) is 33.9 Å². The number of nitrogens with two attached hydrogens (primary N) is 1. The molecule has 1 saturated carbocycles. The molecule has 4 nitrogen and oxygen atoms in total. The van der Waals surface area contributed by atoms with Gasteiger partial charge in [0.1, 0.15) is 0 Å². The number of methoxy groups -OCH3 is 1. The van der Waals surface area contributed by atoms with E-state index < -0.39 is 20.5 Å². The quantitative estimate of drug-likeness (QED) is 0.873. The van der Waals surface area contributed by atoms with Gasteiger partial charge in [-0.25, -0.2) is 8.42 Å². The van der Waals surface area contributed by atoms with E-state index in [0.29, 0.717) is 11.5 Å². The zero-order chi connectivity index (χ0) is 17.4. The summed E-state index contributed by atoms with van der Waals surface area (Å²) in [5.74, 6) is -0.144. The highest BCUT2D eigenvalue weighted by atomic mass is 32.2. The summed E-state index contributed by atoms with van der Waals surface area (Å²) in [7, 11) is -1.89. The lowest BCUT2D eigenvalue weighted by Crippen LogP contribution is -2.28. The fraction of sp³-hybridized carbons (Fsp3) is 0.368. The van der Waals surface area contributed by atoms with E-state index in [2.05, 4.69) is 0 Å². The molecule has 24 heavy (non-hydrogen) atoms. The molecule has 0 aliphatic heterocycles. The highest BCUT2D eigenvalue weighted by Crippen LogP contribution is 2.63. The zero-order valence-electron chi connectivity index (χ0n) is 14.0. The molecule has 0 spiro atoms. The van der Waals surface area contributed by atoms with Crippen LogP contribution in [0.2, 0.25) is 0 Å². The van der Waals surface area contributed by atoms with Gasteiger partial charge in [-0.2, -0.15) is 0 Å². The van der Waals surface area contributed by atoms with Crippen molar-refractivity contribution in [1.29, 1.82) is 0 Å². The Kier molecular flexibility index (Phi) is 4.51. The fourth-order valence-electron chi connectivity index (χ4n) is 3.73. The predicted octanol–water partition coefficient (Wildman–Crippen LogP) is 2.53. The minimum Gasteiger partial charge on any atom is -0.384 e. The minimum absolute atomic E-state index is 0.144. The first kappa shape index (κ1) is 17.1. The average molecular weight is 345 g/mol. The maximum Gasteiger partial charge on any atom is 0.182 e. The summed E-state index contributed by atoms with van der Waals surface area (Å²) < 4.78 is 31.8. The van der Waals surface area contributed by atoms with Crippen LogP contribution in [0.5, 0.6) is 0 Å². The van der Waals surface area contributed by atoms with Gasteiger partial charge in [0.25, 0.3) is 0 Å². The van der Waals surface area contributed by atoms with E-state index in [1.165, 1.54) is 0 Å². The standard InChI is InChI=1S/C19H23NO3S/c1-14-8-10-16(11-9-14)24(21,22)18-17(15-6-4-3-5-7-15)19(18,12-20)13-23-2/h3-11,17-18H,12-13,20H2,1-2H3/t17-,18-,19-/m0/s1. The second-order valence-electron chi connectivity index (χ2n) is 6.54. The van der Waals surface area contributed by atoms with Gasteiger partial charge in [0.15, 0.2) is 9.84 Å². The molecular weight excluding hydrogens is 322 g/mol. The summed E-state index contributed by atoms with van der Waals surface area (Å²) in [6.45, 7) is 2.55. The maximum atomic E-state index is 13.2. The summed E-state index contributed by atoms with van der Waals surface area (Å²) in [5, 5.41) is -0.556. The third kappa shape index (κ3) is 2.66. The van der Waals surface area contributed by atoms with Crippen LogP contribution in [0, 0.1) is 12.3 Å². The Bertz CT molecular complexity index is 802. The van der Waals surface area contributed by atoms with Crippen molar-refractivity contribution >= 4 is 9.84 Å². The first-order valence-electron chi connectivity index (χ1n) is 8.02. The number of hydrogen-bond acceptors (Lipinski definition) is 4. The van der Waals surface area contributed by atoms with E-state index in [-0.39, 0.29) is 12.5 Å². The van der Waals surface area contributed by atoms with E-state index in [9.17, 15) is 8.42 Å². The molecule has 0 heterocycles. The van der Waals surface area contributed by atoms with Crippen molar-refractivity contribution in [2.75, 3.05) is 20.3 Å². The van der Waals surface area contributed by atoms with Gasteiger partial charge < -0.3 is 10.5 Å². The van der Waals surface area contributed by atoms with Crippen molar-refractivity contribution in [3.8, 4) is 0 Å². The zero-order valence-corrected chi connectivity index (χ0v) is 14.8. The molecule has 0 radical (unpaired) electrons. The van der Waals surface area contributed by atoms with Gasteiger partial charge in [-0.05, 0) is 24.6 Å². The molecule has 0 bridgehead atoms. The van der Waals surface area contributed by atoms with E-state index in [1.54, 1.807) is 19.2 Å². The van der Waals surface area contributed by atoms with Crippen LogP contribution in [0.3, 0.4) is 0 Å². The van der Waals surface area contributed by atoms with Crippen LogP contribution in [0.4, 0.5) is 0 Å². The number of benzene rings is 2. The first-order chi connectivity index (χ1) is 11.5. The Balaban J connectivity index is 2.05. The van der Waals surface area contributed by atoms with Gasteiger partial charge in [0.05, 0.1) is 16.8 Å². The van der Waals surface area contributed by atoms with Crippen molar-refractivity contribution in [3.63, 3.8) is 0 Å². The molecule has 1 fully saturated rings. The average Bonchev–Trinajstić information content (AvgIpc) is 3.26. The topological polar surface area (TPSA) is 69.4 Å². The molecule has 2 N–H and O–H groups in total. The Hall–Kier alpha value is -1.69. The van der Waals surface area contributed by atoms with Crippen molar-refractivity contribution < 1.29 is 13.2 Å². The number of sulfone groups is 1. The van der Waals surface area contributed by atoms with Crippen molar-refractivity contribution in [3.05, 3.63) is 65.7 Å². The van der Waals surface area contributed by atoms with Crippen molar-refractivity contribution in [2.24, 2.45) is 11.1 Å². The lowest BCUT2D eigenvalue weighted by Gasteiger charge is -2.15. The van der Waals surface area contributed by atoms with Crippen LogP contribution in [0.25, 0.3) is 0 Å². The molecule has 0 saturated heterocycles. The normalized spacial score (nSPS) is 26.3. The van der Waals surface area contributed by atoms with E-state index in [0.717, 1.165) is 11.1 Å². The van der Waals surface area contributed by atoms with Crippen LogP contribution in [-0.2, 0) is 14.6 Å². The Labute approximate surface area is 143 Å². The SMILES string of the molecule is COC[C@@]1(CN)[C@@H](c2ccccc2)[C@@H]1S(=O)(=O)c1ccc(C)cc1. The summed E-state index contributed by atoms with van der Waals surface area (Å²) in [5.41, 5.74) is 7.49. The molecule has 1 aliphatic carbocycles. The molecule has 128 valence electrons. The maximum absolute atomic E-state index is 13.2. The smallest absolute Gasteiger partial charge is 0.182 e. The molecular formula is C19H23NO3S.